The average Bonchev–Trinajstić information content (AvgIpc) is 2.75. The van der Waals surface area contributed by atoms with Gasteiger partial charge in [0.2, 0.25) is 0 Å². The highest BCUT2D eigenvalue weighted by molar-refractivity contribution is 5.43. The Hall–Kier alpha value is -1.09. The molecule has 1 aromatic rings. The molecule has 3 heteroatoms. The highest BCUT2D eigenvalue weighted by Crippen LogP contribution is 2.34. The predicted molar refractivity (Wildman–Crippen MR) is 81.7 cm³/mol. The van der Waals surface area contributed by atoms with Crippen LogP contribution in [0.25, 0.3) is 0 Å². The lowest BCUT2D eigenvalue weighted by Crippen LogP contribution is -2.28. The Balaban J connectivity index is 2.21. The van der Waals surface area contributed by atoms with E-state index >= 15 is 0 Å². The zero-order valence-corrected chi connectivity index (χ0v) is 13.0. The summed E-state index contributed by atoms with van der Waals surface area (Å²) in [5.41, 5.74) is 2.79. The van der Waals surface area contributed by atoms with Crippen molar-refractivity contribution in [2.45, 2.75) is 39.7 Å². The molecule has 0 bridgehead atoms. The van der Waals surface area contributed by atoms with Crippen molar-refractivity contribution in [1.82, 2.24) is 9.88 Å². The summed E-state index contributed by atoms with van der Waals surface area (Å²) in [6.45, 7) is 9.25. The molecule has 0 amide bonds. The second-order valence-corrected chi connectivity index (χ2v) is 6.34. The molecular formula is C16H27N3. The van der Waals surface area contributed by atoms with Crippen molar-refractivity contribution in [2.24, 2.45) is 5.92 Å². The summed E-state index contributed by atoms with van der Waals surface area (Å²) < 4.78 is 0. The van der Waals surface area contributed by atoms with E-state index in [1.165, 1.54) is 37.1 Å². The van der Waals surface area contributed by atoms with Gasteiger partial charge in [-0.05, 0) is 49.4 Å². The number of hydrogen-bond donors (Lipinski definition) is 0. The lowest BCUT2D eigenvalue weighted by Gasteiger charge is -2.27. The van der Waals surface area contributed by atoms with Gasteiger partial charge in [-0.1, -0.05) is 13.8 Å². The maximum absolute atomic E-state index is 4.60. The molecule has 2 heterocycles. The van der Waals surface area contributed by atoms with E-state index in [0.717, 1.165) is 11.7 Å². The smallest absolute Gasteiger partial charge is 0.128 e. The van der Waals surface area contributed by atoms with Gasteiger partial charge in [-0.15, -0.1) is 0 Å². The second-order valence-electron chi connectivity index (χ2n) is 6.34. The molecule has 1 aliphatic heterocycles. The maximum Gasteiger partial charge on any atom is 0.128 e. The Labute approximate surface area is 117 Å². The van der Waals surface area contributed by atoms with E-state index in [-0.39, 0.29) is 0 Å². The van der Waals surface area contributed by atoms with Crippen LogP contribution in [0.15, 0.2) is 12.3 Å². The van der Waals surface area contributed by atoms with Gasteiger partial charge in [0.25, 0.3) is 0 Å². The molecule has 0 N–H and O–H groups in total. The Bertz CT molecular complexity index is 426. The summed E-state index contributed by atoms with van der Waals surface area (Å²) in [4.78, 5) is 9.29. The van der Waals surface area contributed by atoms with Gasteiger partial charge in [0.1, 0.15) is 5.82 Å². The number of likely N-dealkylation sites (tertiary alicyclic amines) is 1. The van der Waals surface area contributed by atoms with Crippen molar-refractivity contribution in [3.63, 3.8) is 0 Å². The first kappa shape index (κ1) is 14.3. The van der Waals surface area contributed by atoms with Gasteiger partial charge in [-0.3, -0.25) is 4.90 Å². The number of rotatable bonds is 4. The summed E-state index contributed by atoms with van der Waals surface area (Å²) >= 11 is 0. The van der Waals surface area contributed by atoms with Crippen LogP contribution in [-0.2, 0) is 0 Å². The van der Waals surface area contributed by atoms with Crippen molar-refractivity contribution in [3.8, 4) is 0 Å². The number of nitrogens with zero attached hydrogens (tertiary/aromatic N) is 3. The van der Waals surface area contributed by atoms with Crippen LogP contribution in [0.4, 0.5) is 5.82 Å². The van der Waals surface area contributed by atoms with Crippen LogP contribution < -0.4 is 4.90 Å². The predicted octanol–water partition coefficient (Wildman–Crippen LogP) is 3.25. The summed E-state index contributed by atoms with van der Waals surface area (Å²) in [5, 5.41) is 0. The molecule has 19 heavy (non-hydrogen) atoms. The minimum Gasteiger partial charge on any atom is -0.363 e. The van der Waals surface area contributed by atoms with E-state index in [4.69, 9.17) is 0 Å². The lowest BCUT2D eigenvalue weighted by atomic mass is 10.0. The molecule has 0 aliphatic carbocycles. The van der Waals surface area contributed by atoms with E-state index in [0.29, 0.717) is 6.04 Å². The summed E-state index contributed by atoms with van der Waals surface area (Å²) in [7, 11) is 4.09. The standard InChI is InChI=1S/C16H27N3/c1-12(2)11-19-8-6-7-15(19)14-10-17-16(18(4)5)9-13(14)3/h9-10,12,15H,6-8,11H2,1-5H3/t15-/m0/s1. The molecule has 2 rings (SSSR count). The van der Waals surface area contributed by atoms with Gasteiger partial charge in [0, 0.05) is 32.9 Å². The largest absolute Gasteiger partial charge is 0.363 e. The zero-order chi connectivity index (χ0) is 14.0. The second kappa shape index (κ2) is 5.91. The monoisotopic (exact) mass is 261 g/mol. The van der Waals surface area contributed by atoms with E-state index < -0.39 is 0 Å². The number of aromatic nitrogens is 1. The fourth-order valence-corrected chi connectivity index (χ4v) is 3.01. The molecule has 1 atom stereocenters. The number of aryl methyl sites for hydroxylation is 1. The first-order valence-electron chi connectivity index (χ1n) is 7.37. The van der Waals surface area contributed by atoms with Gasteiger partial charge < -0.3 is 4.90 Å². The normalized spacial score (nSPS) is 20.2. The maximum atomic E-state index is 4.60. The van der Waals surface area contributed by atoms with E-state index in [1.807, 2.05) is 14.1 Å². The summed E-state index contributed by atoms with van der Waals surface area (Å²) in [6, 6.07) is 2.78. The quantitative estimate of drug-likeness (QED) is 0.829. The molecule has 0 radical (unpaired) electrons. The van der Waals surface area contributed by atoms with Crippen LogP contribution in [0.1, 0.15) is 43.9 Å². The third-order valence-corrected chi connectivity index (χ3v) is 3.92. The Morgan fingerprint density at radius 2 is 2.16 bits per heavy atom. The van der Waals surface area contributed by atoms with Crippen molar-refractivity contribution < 1.29 is 0 Å². The fraction of sp³-hybridized carbons (Fsp3) is 0.688. The topological polar surface area (TPSA) is 19.4 Å². The third kappa shape index (κ3) is 3.27. The Morgan fingerprint density at radius 3 is 2.74 bits per heavy atom. The first-order valence-corrected chi connectivity index (χ1v) is 7.37. The van der Waals surface area contributed by atoms with Crippen molar-refractivity contribution in [2.75, 3.05) is 32.1 Å². The molecule has 0 spiro atoms. The van der Waals surface area contributed by atoms with Gasteiger partial charge in [-0.2, -0.15) is 0 Å². The molecule has 0 saturated carbocycles. The highest BCUT2D eigenvalue weighted by Gasteiger charge is 2.27. The SMILES string of the molecule is Cc1cc(N(C)C)ncc1[C@@H]1CCCN1CC(C)C. The zero-order valence-electron chi connectivity index (χ0n) is 13.0. The Morgan fingerprint density at radius 1 is 1.42 bits per heavy atom. The highest BCUT2D eigenvalue weighted by atomic mass is 15.2. The fourth-order valence-electron chi connectivity index (χ4n) is 3.01. The third-order valence-electron chi connectivity index (χ3n) is 3.92. The molecule has 3 nitrogen and oxygen atoms in total. The summed E-state index contributed by atoms with van der Waals surface area (Å²) in [5.74, 6) is 1.78. The molecule has 1 aliphatic rings. The van der Waals surface area contributed by atoms with Crippen LogP contribution in [0.3, 0.4) is 0 Å². The average molecular weight is 261 g/mol. The van der Waals surface area contributed by atoms with Crippen LogP contribution in [-0.4, -0.2) is 37.1 Å². The molecule has 1 aromatic heterocycles. The summed E-state index contributed by atoms with van der Waals surface area (Å²) in [6.07, 6.45) is 4.68. The lowest BCUT2D eigenvalue weighted by molar-refractivity contribution is 0.228. The van der Waals surface area contributed by atoms with Crippen LogP contribution in [0, 0.1) is 12.8 Å². The van der Waals surface area contributed by atoms with Crippen molar-refractivity contribution in [3.05, 3.63) is 23.4 Å². The molecule has 0 aromatic carbocycles. The van der Waals surface area contributed by atoms with E-state index in [1.54, 1.807) is 0 Å². The van der Waals surface area contributed by atoms with Gasteiger partial charge >= 0.3 is 0 Å². The molecule has 0 unspecified atom stereocenters. The van der Waals surface area contributed by atoms with E-state index in [2.05, 4.69) is 47.8 Å². The molecule has 1 fully saturated rings. The minimum atomic E-state index is 0.575. The molecular weight excluding hydrogens is 234 g/mol. The van der Waals surface area contributed by atoms with Crippen LogP contribution in [0.2, 0.25) is 0 Å². The first-order chi connectivity index (χ1) is 8.99. The van der Waals surface area contributed by atoms with Crippen molar-refractivity contribution >= 4 is 5.82 Å². The van der Waals surface area contributed by atoms with Crippen LogP contribution >= 0.6 is 0 Å². The number of anilines is 1. The minimum absolute atomic E-state index is 0.575. The van der Waals surface area contributed by atoms with Gasteiger partial charge in [-0.25, -0.2) is 4.98 Å². The number of hydrogen-bond acceptors (Lipinski definition) is 3. The van der Waals surface area contributed by atoms with Crippen molar-refractivity contribution in [1.29, 1.82) is 0 Å². The molecule has 106 valence electrons. The Kier molecular flexibility index (Phi) is 4.46. The van der Waals surface area contributed by atoms with Gasteiger partial charge in [0.15, 0.2) is 0 Å². The number of pyridine rings is 1. The van der Waals surface area contributed by atoms with Crippen LogP contribution in [0.5, 0.6) is 0 Å². The molecule has 1 saturated heterocycles. The van der Waals surface area contributed by atoms with E-state index in [9.17, 15) is 0 Å². The van der Waals surface area contributed by atoms with Gasteiger partial charge in [0.05, 0.1) is 0 Å².